The molecule has 1 heterocycles. The number of hydrogen-bond donors (Lipinski definition) is 2. The summed E-state index contributed by atoms with van der Waals surface area (Å²) < 4.78 is 5.24. The van der Waals surface area contributed by atoms with E-state index in [0.29, 0.717) is 12.0 Å². The van der Waals surface area contributed by atoms with Crippen LogP contribution >= 0.6 is 0 Å². The Morgan fingerprint density at radius 2 is 2.00 bits per heavy atom. The molecule has 0 aromatic rings. The molecule has 100 valence electrons. The van der Waals surface area contributed by atoms with Crippen LogP contribution in [0.3, 0.4) is 0 Å². The van der Waals surface area contributed by atoms with Gasteiger partial charge in [0.2, 0.25) is 0 Å². The number of hydrogen-bond acceptors (Lipinski definition) is 2. The smallest absolute Gasteiger partial charge is 0.191 e. The summed E-state index contributed by atoms with van der Waals surface area (Å²) in [6, 6.07) is 0.429. The lowest BCUT2D eigenvalue weighted by molar-refractivity contribution is -0.0945. The number of rotatable bonds is 5. The van der Waals surface area contributed by atoms with Crippen LogP contribution in [-0.2, 0) is 4.74 Å². The van der Waals surface area contributed by atoms with Gasteiger partial charge < -0.3 is 15.4 Å². The van der Waals surface area contributed by atoms with Crippen molar-refractivity contribution in [1.82, 2.24) is 10.6 Å². The molecule has 1 atom stereocenters. The molecule has 0 bridgehead atoms. The first kappa shape index (κ1) is 14.3. The first-order valence-electron chi connectivity index (χ1n) is 6.59. The van der Waals surface area contributed by atoms with Gasteiger partial charge in [0.05, 0.1) is 19.8 Å². The third-order valence-corrected chi connectivity index (χ3v) is 3.23. The van der Waals surface area contributed by atoms with Crippen molar-refractivity contribution < 1.29 is 4.74 Å². The Morgan fingerprint density at radius 1 is 1.35 bits per heavy atom. The molecule has 0 saturated carbocycles. The van der Waals surface area contributed by atoms with Gasteiger partial charge in [-0.05, 0) is 19.8 Å². The maximum absolute atomic E-state index is 5.24. The lowest BCUT2D eigenvalue weighted by atomic mass is 9.89. The highest BCUT2D eigenvalue weighted by molar-refractivity contribution is 5.80. The Hall–Kier alpha value is -0.770. The molecule has 0 spiro atoms. The van der Waals surface area contributed by atoms with E-state index >= 15 is 0 Å². The van der Waals surface area contributed by atoms with Crippen LogP contribution in [-0.4, -0.2) is 38.3 Å². The number of ether oxygens (including phenoxy) is 1. The van der Waals surface area contributed by atoms with Crippen LogP contribution in [0.25, 0.3) is 0 Å². The predicted octanol–water partition coefficient (Wildman–Crippen LogP) is 1.62. The van der Waals surface area contributed by atoms with E-state index < -0.39 is 0 Å². The van der Waals surface area contributed by atoms with Crippen LogP contribution in [0.1, 0.15) is 34.6 Å². The molecule has 1 saturated heterocycles. The van der Waals surface area contributed by atoms with Crippen LogP contribution in [0.2, 0.25) is 0 Å². The van der Waals surface area contributed by atoms with E-state index in [0.717, 1.165) is 32.3 Å². The third-order valence-electron chi connectivity index (χ3n) is 3.23. The standard InChI is InChI=1S/C13H27N3O/c1-6-14-12(16-11(4)10(2)3)15-7-13(5)8-17-9-13/h10-11H,6-9H2,1-5H3,(H2,14,15,16). The van der Waals surface area contributed by atoms with E-state index in [-0.39, 0.29) is 5.41 Å². The number of guanidine groups is 1. The van der Waals surface area contributed by atoms with Crippen molar-refractivity contribution in [2.24, 2.45) is 16.3 Å². The van der Waals surface area contributed by atoms with E-state index in [1.165, 1.54) is 0 Å². The molecule has 4 heteroatoms. The van der Waals surface area contributed by atoms with Crippen LogP contribution < -0.4 is 10.6 Å². The van der Waals surface area contributed by atoms with Gasteiger partial charge in [-0.1, -0.05) is 20.8 Å². The average Bonchev–Trinajstić information content (AvgIpc) is 2.23. The molecule has 1 rings (SSSR count). The van der Waals surface area contributed by atoms with Gasteiger partial charge in [-0.15, -0.1) is 0 Å². The zero-order valence-electron chi connectivity index (χ0n) is 11.8. The van der Waals surface area contributed by atoms with Crippen LogP contribution in [0.4, 0.5) is 0 Å². The van der Waals surface area contributed by atoms with Crippen molar-refractivity contribution in [3.05, 3.63) is 0 Å². The summed E-state index contributed by atoms with van der Waals surface area (Å²) in [4.78, 5) is 4.64. The maximum atomic E-state index is 5.24. The molecule has 1 fully saturated rings. The number of aliphatic imine (C=N–C) groups is 1. The lowest BCUT2D eigenvalue weighted by Crippen LogP contribution is -2.47. The van der Waals surface area contributed by atoms with E-state index in [4.69, 9.17) is 4.74 Å². The maximum Gasteiger partial charge on any atom is 0.191 e. The third kappa shape index (κ3) is 4.54. The molecule has 0 aromatic heterocycles. The highest BCUT2D eigenvalue weighted by Gasteiger charge is 2.33. The van der Waals surface area contributed by atoms with Gasteiger partial charge in [0, 0.05) is 18.0 Å². The van der Waals surface area contributed by atoms with E-state index in [9.17, 15) is 0 Å². The fraction of sp³-hybridized carbons (Fsp3) is 0.923. The van der Waals surface area contributed by atoms with Gasteiger partial charge in [0.25, 0.3) is 0 Å². The molecule has 1 aliphatic heterocycles. The summed E-state index contributed by atoms with van der Waals surface area (Å²) >= 11 is 0. The van der Waals surface area contributed by atoms with Gasteiger partial charge in [-0.3, -0.25) is 4.99 Å². The zero-order valence-corrected chi connectivity index (χ0v) is 11.8. The fourth-order valence-corrected chi connectivity index (χ4v) is 1.51. The minimum absolute atomic E-state index is 0.240. The first-order valence-corrected chi connectivity index (χ1v) is 6.59. The molecule has 0 amide bonds. The lowest BCUT2D eigenvalue weighted by Gasteiger charge is -2.36. The van der Waals surface area contributed by atoms with E-state index in [1.807, 2.05) is 0 Å². The van der Waals surface area contributed by atoms with Gasteiger partial charge in [0.1, 0.15) is 0 Å². The molecule has 1 unspecified atom stereocenters. The Labute approximate surface area is 105 Å². The molecular formula is C13H27N3O. The topological polar surface area (TPSA) is 45.7 Å². The summed E-state index contributed by atoms with van der Waals surface area (Å²) in [5.74, 6) is 1.52. The van der Waals surface area contributed by atoms with E-state index in [1.54, 1.807) is 0 Å². The molecule has 0 aromatic carbocycles. The Bertz CT molecular complexity index is 259. The second-order valence-electron chi connectivity index (χ2n) is 5.68. The summed E-state index contributed by atoms with van der Waals surface area (Å²) in [6.07, 6.45) is 0. The van der Waals surface area contributed by atoms with Gasteiger partial charge >= 0.3 is 0 Å². The normalized spacial score (nSPS) is 20.9. The second-order valence-corrected chi connectivity index (χ2v) is 5.68. The summed E-state index contributed by atoms with van der Waals surface area (Å²) in [6.45, 7) is 14.3. The minimum Gasteiger partial charge on any atom is -0.380 e. The molecule has 0 aliphatic carbocycles. The molecule has 17 heavy (non-hydrogen) atoms. The van der Waals surface area contributed by atoms with Crippen molar-refractivity contribution in [3.8, 4) is 0 Å². The monoisotopic (exact) mass is 241 g/mol. The molecular weight excluding hydrogens is 214 g/mol. The average molecular weight is 241 g/mol. The van der Waals surface area contributed by atoms with Crippen molar-refractivity contribution in [2.45, 2.75) is 40.7 Å². The largest absolute Gasteiger partial charge is 0.380 e. The highest BCUT2D eigenvalue weighted by Crippen LogP contribution is 2.26. The van der Waals surface area contributed by atoms with Crippen LogP contribution in [0.15, 0.2) is 4.99 Å². The predicted molar refractivity (Wildman–Crippen MR) is 72.3 cm³/mol. The van der Waals surface area contributed by atoms with Gasteiger partial charge in [-0.2, -0.15) is 0 Å². The zero-order chi connectivity index (χ0) is 12.9. The first-order chi connectivity index (χ1) is 7.97. The SMILES string of the molecule is CCNC(=NCC1(C)COC1)NC(C)C(C)C. The Kier molecular flexibility index (Phi) is 5.25. The second kappa shape index (κ2) is 6.24. The molecule has 4 nitrogen and oxygen atoms in total. The van der Waals surface area contributed by atoms with Crippen molar-refractivity contribution >= 4 is 5.96 Å². The van der Waals surface area contributed by atoms with Gasteiger partial charge in [-0.25, -0.2) is 0 Å². The Morgan fingerprint density at radius 3 is 2.41 bits per heavy atom. The fourth-order valence-electron chi connectivity index (χ4n) is 1.51. The highest BCUT2D eigenvalue weighted by atomic mass is 16.5. The molecule has 1 aliphatic rings. The quantitative estimate of drug-likeness (QED) is 0.568. The summed E-state index contributed by atoms with van der Waals surface area (Å²) in [5, 5.41) is 6.72. The number of nitrogens with zero attached hydrogens (tertiary/aromatic N) is 1. The minimum atomic E-state index is 0.240. The summed E-state index contributed by atoms with van der Waals surface area (Å²) in [5.41, 5.74) is 0.240. The van der Waals surface area contributed by atoms with Crippen molar-refractivity contribution in [1.29, 1.82) is 0 Å². The van der Waals surface area contributed by atoms with Gasteiger partial charge in [0.15, 0.2) is 5.96 Å². The van der Waals surface area contributed by atoms with Crippen LogP contribution in [0.5, 0.6) is 0 Å². The summed E-state index contributed by atoms with van der Waals surface area (Å²) in [7, 11) is 0. The van der Waals surface area contributed by atoms with E-state index in [2.05, 4.69) is 50.2 Å². The Balaban J connectivity index is 2.48. The van der Waals surface area contributed by atoms with Crippen molar-refractivity contribution in [3.63, 3.8) is 0 Å². The van der Waals surface area contributed by atoms with Crippen molar-refractivity contribution in [2.75, 3.05) is 26.3 Å². The van der Waals surface area contributed by atoms with Crippen LogP contribution in [0, 0.1) is 11.3 Å². The molecule has 2 N–H and O–H groups in total. The molecule has 0 radical (unpaired) electrons. The number of nitrogens with one attached hydrogen (secondary N) is 2.